The van der Waals surface area contributed by atoms with E-state index in [2.05, 4.69) is 10.6 Å². The third-order valence-corrected chi connectivity index (χ3v) is 4.53. The average Bonchev–Trinajstić information content (AvgIpc) is 2.75. The topological polar surface area (TPSA) is 59.6 Å². The summed E-state index contributed by atoms with van der Waals surface area (Å²) in [5.41, 5.74) is 3.49. The van der Waals surface area contributed by atoms with Crippen molar-refractivity contribution in [2.45, 2.75) is 13.8 Å². The van der Waals surface area contributed by atoms with E-state index in [1.165, 1.54) is 0 Å². The number of ether oxygens (including phenoxy) is 2. The van der Waals surface area contributed by atoms with Crippen LogP contribution in [-0.4, -0.2) is 24.2 Å². The van der Waals surface area contributed by atoms with Crippen molar-refractivity contribution in [2.75, 3.05) is 18.5 Å². The maximum absolute atomic E-state index is 12.5. The van der Waals surface area contributed by atoms with E-state index in [1.807, 2.05) is 62.4 Å². The number of thiocarbonyl (C=S) groups is 1. The van der Waals surface area contributed by atoms with Gasteiger partial charge in [-0.3, -0.25) is 10.1 Å². The zero-order valence-electron chi connectivity index (χ0n) is 17.0. The molecule has 1 amide bonds. The Bertz CT molecular complexity index is 1020. The summed E-state index contributed by atoms with van der Waals surface area (Å²) in [4.78, 5) is 12.5. The number of benzene rings is 3. The van der Waals surface area contributed by atoms with Gasteiger partial charge in [-0.25, -0.2) is 0 Å². The van der Waals surface area contributed by atoms with E-state index in [0.29, 0.717) is 24.5 Å². The molecule has 0 radical (unpaired) electrons. The molecule has 0 heterocycles. The largest absolute Gasteiger partial charge is 0.490 e. The minimum absolute atomic E-state index is 0.247. The van der Waals surface area contributed by atoms with Gasteiger partial charge in [0.1, 0.15) is 24.7 Å². The fourth-order valence-corrected chi connectivity index (χ4v) is 2.96. The molecule has 0 bridgehead atoms. The highest BCUT2D eigenvalue weighted by molar-refractivity contribution is 7.80. The summed E-state index contributed by atoms with van der Waals surface area (Å²) >= 11 is 5.29. The zero-order chi connectivity index (χ0) is 21.3. The Morgan fingerprint density at radius 1 is 0.867 bits per heavy atom. The minimum atomic E-state index is -0.302. The highest BCUT2D eigenvalue weighted by Gasteiger charge is 2.10. The van der Waals surface area contributed by atoms with Gasteiger partial charge in [0, 0.05) is 11.3 Å². The zero-order valence-corrected chi connectivity index (χ0v) is 17.8. The molecule has 30 heavy (non-hydrogen) atoms. The van der Waals surface area contributed by atoms with Gasteiger partial charge in [0.25, 0.3) is 5.91 Å². The molecular weight excluding hydrogens is 396 g/mol. The van der Waals surface area contributed by atoms with Crippen molar-refractivity contribution in [2.24, 2.45) is 0 Å². The van der Waals surface area contributed by atoms with Crippen molar-refractivity contribution >= 4 is 28.9 Å². The predicted molar refractivity (Wildman–Crippen MR) is 123 cm³/mol. The molecule has 3 aromatic carbocycles. The highest BCUT2D eigenvalue weighted by atomic mass is 32.1. The molecule has 0 aliphatic heterocycles. The minimum Gasteiger partial charge on any atom is -0.490 e. The molecule has 0 aliphatic carbocycles. The Hall–Kier alpha value is -3.38. The number of hydrogen-bond acceptors (Lipinski definition) is 4. The molecule has 0 atom stereocenters. The molecule has 5 nitrogen and oxygen atoms in total. The molecule has 3 rings (SSSR count). The first-order chi connectivity index (χ1) is 14.5. The molecule has 0 aromatic heterocycles. The molecule has 2 N–H and O–H groups in total. The van der Waals surface area contributed by atoms with Gasteiger partial charge >= 0.3 is 0 Å². The van der Waals surface area contributed by atoms with Gasteiger partial charge in [0.15, 0.2) is 5.11 Å². The monoisotopic (exact) mass is 420 g/mol. The van der Waals surface area contributed by atoms with Crippen LogP contribution >= 0.6 is 12.2 Å². The molecular formula is C24H24N2O3S. The van der Waals surface area contributed by atoms with Crippen molar-refractivity contribution < 1.29 is 14.3 Å². The summed E-state index contributed by atoms with van der Waals surface area (Å²) in [6.07, 6.45) is 0. The van der Waals surface area contributed by atoms with Crippen LogP contribution in [0, 0.1) is 13.8 Å². The van der Waals surface area contributed by atoms with Crippen molar-refractivity contribution in [1.29, 1.82) is 0 Å². The second-order valence-corrected chi connectivity index (χ2v) is 7.17. The predicted octanol–water partition coefficient (Wildman–Crippen LogP) is 4.89. The average molecular weight is 421 g/mol. The summed E-state index contributed by atoms with van der Waals surface area (Å²) in [7, 11) is 0. The third-order valence-electron chi connectivity index (χ3n) is 4.33. The maximum atomic E-state index is 12.5. The highest BCUT2D eigenvalue weighted by Crippen LogP contribution is 2.17. The molecule has 0 spiro atoms. The maximum Gasteiger partial charge on any atom is 0.257 e. The quantitative estimate of drug-likeness (QED) is 0.421. The standard InChI is InChI=1S/C24H24N2O3S/c1-17-11-12-18(2)22(15-17)25-24(30)26-23(27)19-7-6-10-21(16-19)29-14-13-28-20-8-4-3-5-9-20/h3-12,15-16H,13-14H2,1-2H3,(H2,25,26,27,30). The van der Waals surface area contributed by atoms with Crippen LogP contribution in [0.15, 0.2) is 72.8 Å². The summed E-state index contributed by atoms with van der Waals surface area (Å²) in [6.45, 7) is 4.76. The van der Waals surface area contributed by atoms with Crippen molar-refractivity contribution in [3.8, 4) is 11.5 Å². The molecule has 0 aliphatic rings. The van der Waals surface area contributed by atoms with E-state index in [9.17, 15) is 4.79 Å². The molecule has 0 saturated carbocycles. The van der Waals surface area contributed by atoms with Crippen LogP contribution in [-0.2, 0) is 0 Å². The Morgan fingerprint density at radius 2 is 1.57 bits per heavy atom. The van der Waals surface area contributed by atoms with Crippen LogP contribution in [0.5, 0.6) is 11.5 Å². The summed E-state index contributed by atoms with van der Waals surface area (Å²) in [5.74, 6) is 1.08. The normalized spacial score (nSPS) is 10.2. The van der Waals surface area contributed by atoms with Crippen LogP contribution in [0.3, 0.4) is 0 Å². The summed E-state index contributed by atoms with van der Waals surface area (Å²) in [6, 6.07) is 22.5. The van der Waals surface area contributed by atoms with Crippen LogP contribution in [0.1, 0.15) is 21.5 Å². The number of nitrogens with one attached hydrogen (secondary N) is 2. The van der Waals surface area contributed by atoms with Gasteiger partial charge in [0.05, 0.1) is 0 Å². The molecule has 6 heteroatoms. The molecule has 0 fully saturated rings. The van der Waals surface area contributed by atoms with Crippen molar-refractivity contribution in [3.63, 3.8) is 0 Å². The van der Waals surface area contributed by atoms with Crippen LogP contribution < -0.4 is 20.1 Å². The van der Waals surface area contributed by atoms with Gasteiger partial charge in [-0.1, -0.05) is 36.4 Å². The first kappa shape index (κ1) is 21.3. The third kappa shape index (κ3) is 6.32. The smallest absolute Gasteiger partial charge is 0.257 e. The Morgan fingerprint density at radius 3 is 2.33 bits per heavy atom. The summed E-state index contributed by atoms with van der Waals surface area (Å²) < 4.78 is 11.3. The van der Waals surface area contributed by atoms with E-state index in [1.54, 1.807) is 24.3 Å². The number of rotatable bonds is 7. The Kier molecular flexibility index (Phi) is 7.40. The van der Waals surface area contributed by atoms with Crippen molar-refractivity contribution in [3.05, 3.63) is 89.5 Å². The SMILES string of the molecule is Cc1ccc(C)c(NC(=S)NC(=O)c2cccc(OCCOc3ccccc3)c2)c1. The van der Waals surface area contributed by atoms with Gasteiger partial charge in [-0.2, -0.15) is 0 Å². The van der Waals surface area contributed by atoms with Crippen LogP contribution in [0.4, 0.5) is 5.69 Å². The number of aryl methyl sites for hydroxylation is 2. The van der Waals surface area contributed by atoms with E-state index in [-0.39, 0.29) is 11.0 Å². The Labute approximate surface area is 182 Å². The summed E-state index contributed by atoms with van der Waals surface area (Å²) in [5, 5.41) is 6.03. The second kappa shape index (κ2) is 10.4. The lowest BCUT2D eigenvalue weighted by Crippen LogP contribution is -2.34. The van der Waals surface area contributed by atoms with E-state index in [0.717, 1.165) is 22.6 Å². The van der Waals surface area contributed by atoms with Gasteiger partial charge in [-0.05, 0) is 73.6 Å². The fourth-order valence-electron chi connectivity index (χ4n) is 2.76. The Balaban J connectivity index is 1.51. The van der Waals surface area contributed by atoms with Crippen molar-refractivity contribution in [1.82, 2.24) is 5.32 Å². The van der Waals surface area contributed by atoms with E-state index < -0.39 is 0 Å². The van der Waals surface area contributed by atoms with Gasteiger partial charge < -0.3 is 14.8 Å². The van der Waals surface area contributed by atoms with Crippen LogP contribution in [0.2, 0.25) is 0 Å². The number of amides is 1. The fraction of sp³-hybridized carbons (Fsp3) is 0.167. The first-order valence-corrected chi connectivity index (χ1v) is 10.0. The second-order valence-electron chi connectivity index (χ2n) is 6.76. The molecule has 3 aromatic rings. The van der Waals surface area contributed by atoms with E-state index in [4.69, 9.17) is 21.7 Å². The first-order valence-electron chi connectivity index (χ1n) is 9.61. The number of carbonyl (C=O) groups excluding carboxylic acids is 1. The molecule has 154 valence electrons. The lowest BCUT2D eigenvalue weighted by Gasteiger charge is -2.13. The van der Waals surface area contributed by atoms with Gasteiger partial charge in [-0.15, -0.1) is 0 Å². The lowest BCUT2D eigenvalue weighted by molar-refractivity contribution is 0.0977. The molecule has 0 unspecified atom stereocenters. The van der Waals surface area contributed by atoms with Gasteiger partial charge in [0.2, 0.25) is 0 Å². The number of carbonyl (C=O) groups is 1. The lowest BCUT2D eigenvalue weighted by atomic mass is 10.1. The van der Waals surface area contributed by atoms with E-state index >= 15 is 0 Å². The molecule has 0 saturated heterocycles. The number of hydrogen-bond donors (Lipinski definition) is 2. The number of anilines is 1. The number of para-hydroxylation sites is 1. The van der Waals surface area contributed by atoms with Crippen LogP contribution in [0.25, 0.3) is 0 Å².